The lowest BCUT2D eigenvalue weighted by molar-refractivity contribution is -0.117. The minimum atomic E-state index is -4.01. The van der Waals surface area contributed by atoms with Crippen LogP contribution in [0.1, 0.15) is 36.0 Å². The second-order valence-electron chi connectivity index (χ2n) is 11.5. The van der Waals surface area contributed by atoms with Crippen LogP contribution in [0, 0.1) is 23.3 Å². The highest BCUT2D eigenvalue weighted by Crippen LogP contribution is 2.32. The average Bonchev–Trinajstić information content (AvgIpc) is 3.01. The first-order chi connectivity index (χ1) is 22.4. The van der Waals surface area contributed by atoms with Gasteiger partial charge >= 0.3 is 0 Å². The number of carbonyl (C=O) groups excluding carboxylic acids is 1. The fourth-order valence-corrected chi connectivity index (χ4v) is 8.41. The van der Waals surface area contributed by atoms with E-state index in [9.17, 15) is 26.4 Å². The summed E-state index contributed by atoms with van der Waals surface area (Å²) in [5.41, 5.74) is 7.01. The van der Waals surface area contributed by atoms with Gasteiger partial charge in [0.15, 0.2) is 0 Å². The number of piperazine rings is 1. The van der Waals surface area contributed by atoms with Gasteiger partial charge in [0.25, 0.3) is 0 Å². The van der Waals surface area contributed by atoms with Gasteiger partial charge in [0.1, 0.15) is 28.2 Å². The monoisotopic (exact) mass is 688 g/mol. The van der Waals surface area contributed by atoms with E-state index in [0.717, 1.165) is 24.3 Å². The van der Waals surface area contributed by atoms with E-state index in [-0.39, 0.29) is 39.6 Å². The third-order valence-electron chi connectivity index (χ3n) is 8.25. The molecule has 4 unspecified atom stereocenters. The Labute approximate surface area is 275 Å². The molecule has 4 aromatic rings. The van der Waals surface area contributed by atoms with E-state index in [0.29, 0.717) is 24.7 Å². The molecule has 0 saturated carbocycles. The maximum absolute atomic E-state index is 15.3. The molecule has 4 aromatic carbocycles. The molecule has 0 radical (unpaired) electrons. The number of nitrogens with two attached hydrogens (primary N) is 1. The lowest BCUT2D eigenvalue weighted by atomic mass is 9.84. The number of rotatable bonds is 10. The topological polar surface area (TPSA) is 105 Å². The van der Waals surface area contributed by atoms with Crippen molar-refractivity contribution in [3.63, 3.8) is 0 Å². The average molecular weight is 689 g/mol. The lowest BCUT2D eigenvalue weighted by Gasteiger charge is -2.40. The van der Waals surface area contributed by atoms with Gasteiger partial charge in [-0.3, -0.25) is 4.79 Å². The van der Waals surface area contributed by atoms with Crippen molar-refractivity contribution < 1.29 is 30.8 Å². The Kier molecular flexibility index (Phi) is 10.7. The molecule has 1 aliphatic rings. The molecule has 1 aliphatic heterocycles. The number of hydrogen-bond donors (Lipinski definition) is 3. The molecule has 0 bridgehead atoms. The molecule has 1 saturated heterocycles. The number of hydrogen-bond acceptors (Lipinski definition) is 5. The van der Waals surface area contributed by atoms with Gasteiger partial charge in [0.2, 0.25) is 15.9 Å². The zero-order valence-corrected chi connectivity index (χ0v) is 26.8. The Morgan fingerprint density at radius 3 is 2.30 bits per heavy atom. The van der Waals surface area contributed by atoms with E-state index in [1.807, 2.05) is 0 Å². The molecule has 0 spiro atoms. The minimum Gasteiger partial charge on any atom is -0.324 e. The van der Waals surface area contributed by atoms with E-state index in [1.54, 1.807) is 19.1 Å². The quantitative estimate of drug-likeness (QED) is 0.178. The van der Waals surface area contributed by atoms with Gasteiger partial charge in [-0.05, 0) is 79.4 Å². The largest absolute Gasteiger partial charge is 0.324 e. The normalized spacial score (nSPS) is 18.4. The summed E-state index contributed by atoms with van der Waals surface area (Å²) in [7, 11) is -4.01. The van der Waals surface area contributed by atoms with Gasteiger partial charge in [-0.1, -0.05) is 41.9 Å². The van der Waals surface area contributed by atoms with Crippen LogP contribution in [0.3, 0.4) is 0 Å². The van der Waals surface area contributed by atoms with E-state index in [2.05, 4.69) is 10.6 Å². The Morgan fingerprint density at radius 2 is 1.62 bits per heavy atom. The Balaban J connectivity index is 1.40. The van der Waals surface area contributed by atoms with E-state index in [4.69, 9.17) is 17.3 Å². The molecular weight excluding hydrogens is 656 g/mol. The SMILES string of the molecule is CC1CNCC(CCc2c(F)cccc2NC(=O)C(N)C(c2ccc(F)cc2)c2cc(F)cc(F)c2)N1S(=O)(=O)c1ccccc1Cl. The summed E-state index contributed by atoms with van der Waals surface area (Å²) in [5.74, 6) is -4.83. The fourth-order valence-electron chi connectivity index (χ4n) is 6.07. The van der Waals surface area contributed by atoms with Crippen LogP contribution in [0.15, 0.2) is 89.8 Å². The summed E-state index contributed by atoms with van der Waals surface area (Å²) in [6, 6.07) is 15.6. The highest BCUT2D eigenvalue weighted by molar-refractivity contribution is 7.89. The number of nitrogens with one attached hydrogen (secondary N) is 2. The smallest absolute Gasteiger partial charge is 0.245 e. The molecule has 1 amide bonds. The summed E-state index contributed by atoms with van der Waals surface area (Å²) < 4.78 is 86.4. The third-order valence-corrected chi connectivity index (χ3v) is 10.8. The van der Waals surface area contributed by atoms with Crippen LogP contribution in [0.2, 0.25) is 5.02 Å². The molecule has 7 nitrogen and oxygen atoms in total. The summed E-state index contributed by atoms with van der Waals surface area (Å²) in [6.45, 7) is 2.48. The number of nitrogens with zero attached hydrogens (tertiary/aromatic N) is 1. The highest BCUT2D eigenvalue weighted by atomic mass is 35.5. The van der Waals surface area contributed by atoms with Crippen molar-refractivity contribution in [2.24, 2.45) is 5.73 Å². The van der Waals surface area contributed by atoms with Crippen LogP contribution in [0.5, 0.6) is 0 Å². The number of benzene rings is 4. The molecule has 13 heteroatoms. The number of sulfonamides is 1. The van der Waals surface area contributed by atoms with E-state index >= 15 is 4.39 Å². The first-order valence-corrected chi connectivity index (χ1v) is 16.7. The van der Waals surface area contributed by atoms with Crippen molar-refractivity contribution in [1.29, 1.82) is 0 Å². The molecule has 248 valence electrons. The van der Waals surface area contributed by atoms with E-state index in [1.165, 1.54) is 46.8 Å². The first-order valence-electron chi connectivity index (χ1n) is 14.9. The first kappa shape index (κ1) is 34.5. The zero-order chi connectivity index (χ0) is 33.9. The molecule has 1 fully saturated rings. The maximum Gasteiger partial charge on any atom is 0.245 e. The molecule has 47 heavy (non-hydrogen) atoms. The van der Waals surface area contributed by atoms with Gasteiger partial charge in [-0.25, -0.2) is 26.0 Å². The second kappa shape index (κ2) is 14.5. The standard InChI is InChI=1S/C34H33ClF4N4O3S/c1-20-18-41-19-26(43(20)47(45,46)31-8-3-2-5-28(31)35)13-14-27-29(39)6-4-7-30(27)42-34(44)33(40)32(21-9-11-23(36)12-10-21)22-15-24(37)17-25(38)16-22/h2-12,15-17,20,26,32-33,41H,13-14,18-19,40H2,1H3,(H,42,44). The Hall–Kier alpha value is -3.81. The maximum atomic E-state index is 15.3. The molecule has 0 aliphatic carbocycles. The minimum absolute atomic E-state index is 0.0258. The third kappa shape index (κ3) is 7.68. The van der Waals surface area contributed by atoms with E-state index < -0.39 is 63.2 Å². The van der Waals surface area contributed by atoms with Gasteiger partial charge in [-0.15, -0.1) is 0 Å². The second-order valence-corrected chi connectivity index (χ2v) is 13.7. The van der Waals surface area contributed by atoms with Crippen molar-refractivity contribution >= 4 is 33.2 Å². The number of carbonyl (C=O) groups is 1. The summed E-state index contributed by atoms with van der Waals surface area (Å²) in [4.78, 5) is 13.6. The molecule has 4 atom stereocenters. The van der Waals surface area contributed by atoms with Gasteiger partial charge in [-0.2, -0.15) is 4.31 Å². The highest BCUT2D eigenvalue weighted by Gasteiger charge is 2.39. The van der Waals surface area contributed by atoms with Gasteiger partial charge in [0.05, 0.1) is 11.1 Å². The van der Waals surface area contributed by atoms with Crippen molar-refractivity contribution in [2.45, 2.75) is 48.7 Å². The summed E-state index contributed by atoms with van der Waals surface area (Å²) >= 11 is 6.26. The Morgan fingerprint density at radius 1 is 0.936 bits per heavy atom. The number of halogens is 5. The predicted molar refractivity (Wildman–Crippen MR) is 173 cm³/mol. The predicted octanol–water partition coefficient (Wildman–Crippen LogP) is 5.98. The van der Waals surface area contributed by atoms with Crippen LogP contribution >= 0.6 is 11.6 Å². The molecular formula is C34H33ClF4N4O3S. The molecule has 4 N–H and O–H groups in total. The van der Waals surface area contributed by atoms with Crippen molar-refractivity contribution in [1.82, 2.24) is 9.62 Å². The van der Waals surface area contributed by atoms with Gasteiger partial charge in [0, 0.05) is 48.4 Å². The molecule has 0 aromatic heterocycles. The number of amides is 1. The molecule has 5 rings (SSSR count). The summed E-state index contributed by atoms with van der Waals surface area (Å²) in [6.07, 6.45) is 0.235. The number of anilines is 1. The van der Waals surface area contributed by atoms with Crippen LogP contribution in [-0.4, -0.2) is 49.8 Å². The fraction of sp³-hybridized carbons (Fsp3) is 0.265. The van der Waals surface area contributed by atoms with Crippen LogP contribution < -0.4 is 16.4 Å². The van der Waals surface area contributed by atoms with Crippen LogP contribution in [-0.2, 0) is 21.2 Å². The van der Waals surface area contributed by atoms with Gasteiger partial charge < -0.3 is 16.4 Å². The van der Waals surface area contributed by atoms with Crippen molar-refractivity contribution in [3.05, 3.63) is 130 Å². The Bertz CT molecular complexity index is 1840. The van der Waals surface area contributed by atoms with Crippen LogP contribution in [0.25, 0.3) is 0 Å². The summed E-state index contributed by atoms with van der Waals surface area (Å²) in [5, 5.41) is 5.97. The van der Waals surface area contributed by atoms with Crippen molar-refractivity contribution in [2.75, 3.05) is 18.4 Å². The van der Waals surface area contributed by atoms with Crippen molar-refractivity contribution in [3.8, 4) is 0 Å². The lowest BCUT2D eigenvalue weighted by Crippen LogP contribution is -2.58. The molecule has 1 heterocycles. The van der Waals surface area contributed by atoms with Crippen LogP contribution in [0.4, 0.5) is 23.2 Å². The zero-order valence-electron chi connectivity index (χ0n) is 25.3.